The Labute approximate surface area is 204 Å². The van der Waals surface area contributed by atoms with Crippen LogP contribution in [0.15, 0.2) is 78.0 Å². The largest absolute Gasteiger partial charge is 0.349 e. The molecule has 8 nitrogen and oxygen atoms in total. The zero-order chi connectivity index (χ0) is 24.4. The molecule has 3 atom stereocenters. The number of fused-ring (bicyclic) bond motifs is 1. The number of sulfonamides is 1. The second-order valence-electron chi connectivity index (χ2n) is 8.95. The normalized spacial score (nSPS) is 20.7. The predicted molar refractivity (Wildman–Crippen MR) is 129 cm³/mol. The van der Waals surface area contributed by atoms with Gasteiger partial charge in [0, 0.05) is 50.2 Å². The average molecular weight is 488 g/mol. The molecule has 9 heteroatoms. The maximum absolute atomic E-state index is 13.5. The number of pyridine rings is 1. The van der Waals surface area contributed by atoms with Gasteiger partial charge in [0.05, 0.1) is 16.5 Å². The first-order valence-electron chi connectivity index (χ1n) is 11.5. The van der Waals surface area contributed by atoms with Crippen LogP contribution in [0.3, 0.4) is 0 Å². The highest BCUT2D eigenvalue weighted by Gasteiger charge is 2.53. The van der Waals surface area contributed by atoms with Crippen LogP contribution in [0.2, 0.25) is 0 Å². The molecule has 1 aliphatic heterocycles. The Kier molecular flexibility index (Phi) is 6.34. The molecule has 1 unspecified atom stereocenters. The number of piperidine rings is 1. The van der Waals surface area contributed by atoms with Crippen molar-refractivity contribution in [2.75, 3.05) is 13.1 Å². The molecule has 2 N–H and O–H groups in total. The third kappa shape index (κ3) is 4.95. The third-order valence-corrected chi connectivity index (χ3v) is 8.47. The number of aromatic nitrogens is 1. The summed E-state index contributed by atoms with van der Waals surface area (Å²) in [6.07, 6.45) is 3.27. The first-order valence-corrected chi connectivity index (χ1v) is 12.9. The average Bonchev–Trinajstić information content (AvgIpc) is 3.29. The molecule has 0 radical (unpaired) electrons. The van der Waals surface area contributed by atoms with Crippen molar-refractivity contribution in [1.29, 1.82) is 5.26 Å². The molecule has 1 aliphatic carbocycles. The quantitative estimate of drug-likeness (QED) is 0.504. The monoisotopic (exact) mass is 487 g/mol. The molecule has 2 heterocycles. The van der Waals surface area contributed by atoms with E-state index in [-0.39, 0.29) is 29.9 Å². The van der Waals surface area contributed by atoms with Crippen molar-refractivity contribution in [1.82, 2.24) is 19.9 Å². The van der Waals surface area contributed by atoms with Crippen LogP contribution in [0.4, 0.5) is 0 Å². The van der Waals surface area contributed by atoms with Crippen molar-refractivity contribution < 1.29 is 13.2 Å². The van der Waals surface area contributed by atoms with Crippen LogP contribution in [-0.2, 0) is 23.1 Å². The molecule has 2 fully saturated rings. The van der Waals surface area contributed by atoms with Gasteiger partial charge in [0.25, 0.3) is 5.91 Å². The van der Waals surface area contributed by atoms with E-state index in [4.69, 9.17) is 5.26 Å². The van der Waals surface area contributed by atoms with E-state index in [9.17, 15) is 13.2 Å². The lowest BCUT2D eigenvalue weighted by Crippen LogP contribution is -2.32. The maximum atomic E-state index is 13.5. The zero-order valence-electron chi connectivity index (χ0n) is 19.0. The summed E-state index contributed by atoms with van der Waals surface area (Å²) in [6.45, 7) is 2.17. The fourth-order valence-corrected chi connectivity index (χ4v) is 6.02. The molecule has 2 aromatic carbocycles. The van der Waals surface area contributed by atoms with Crippen molar-refractivity contribution in [3.8, 4) is 6.07 Å². The number of hydrogen-bond donors (Lipinski definition) is 2. The molecule has 0 spiro atoms. The Morgan fingerprint density at radius 3 is 2.34 bits per heavy atom. The Bertz CT molecular complexity index is 1340. The molecule has 2 aliphatic rings. The first-order chi connectivity index (χ1) is 17.0. The second kappa shape index (κ2) is 9.58. The van der Waals surface area contributed by atoms with Crippen LogP contribution in [0, 0.1) is 23.2 Å². The number of carbonyl (C=O) groups excluding carboxylic acids is 1. The number of rotatable bonds is 8. The number of amides is 1. The van der Waals surface area contributed by atoms with Gasteiger partial charge >= 0.3 is 0 Å². The molecular formula is C26H25N5O3S. The summed E-state index contributed by atoms with van der Waals surface area (Å²) >= 11 is 0. The molecule has 1 amide bonds. The number of benzene rings is 2. The van der Waals surface area contributed by atoms with Crippen molar-refractivity contribution in [3.63, 3.8) is 0 Å². The highest BCUT2D eigenvalue weighted by molar-refractivity contribution is 7.89. The van der Waals surface area contributed by atoms with Gasteiger partial charge in [-0.1, -0.05) is 18.2 Å². The summed E-state index contributed by atoms with van der Waals surface area (Å²) < 4.78 is 28.4. The standard InChI is InChI=1S/C26H25N5O3S/c27-12-18-5-9-22(10-6-18)35(33,34)31(17-20-2-1-11-28-13-20)16-19-3-7-21(8-4-19)26(32)30-25-23-14-29-15-24(23)25/h1-11,13,23-25,29H,14-17H2,(H,30,32)/t23-,24+,25?. The molecule has 178 valence electrons. The van der Waals surface area contributed by atoms with Crippen LogP contribution < -0.4 is 10.6 Å². The molecule has 1 saturated carbocycles. The smallest absolute Gasteiger partial charge is 0.251 e. The van der Waals surface area contributed by atoms with Crippen molar-refractivity contribution in [2.45, 2.75) is 24.0 Å². The minimum Gasteiger partial charge on any atom is -0.349 e. The van der Waals surface area contributed by atoms with Gasteiger partial charge in [-0.2, -0.15) is 9.57 Å². The Morgan fingerprint density at radius 1 is 1.03 bits per heavy atom. The van der Waals surface area contributed by atoms with Crippen LogP contribution in [0.25, 0.3) is 0 Å². The minimum absolute atomic E-state index is 0.103. The molecule has 1 saturated heterocycles. The van der Waals surface area contributed by atoms with E-state index in [1.54, 1.807) is 42.7 Å². The van der Waals surface area contributed by atoms with Crippen molar-refractivity contribution >= 4 is 15.9 Å². The van der Waals surface area contributed by atoms with E-state index in [0.29, 0.717) is 23.0 Å². The molecule has 3 aromatic rings. The van der Waals surface area contributed by atoms with Gasteiger partial charge in [0.2, 0.25) is 10.0 Å². The molecule has 35 heavy (non-hydrogen) atoms. The summed E-state index contributed by atoms with van der Waals surface area (Å²) in [5, 5.41) is 15.5. The summed E-state index contributed by atoms with van der Waals surface area (Å²) in [6, 6.07) is 18.8. The zero-order valence-corrected chi connectivity index (χ0v) is 19.8. The number of nitrogens with one attached hydrogen (secondary N) is 2. The predicted octanol–water partition coefficient (Wildman–Crippen LogP) is 2.29. The van der Waals surface area contributed by atoms with Crippen LogP contribution in [0.5, 0.6) is 0 Å². The van der Waals surface area contributed by atoms with E-state index in [1.165, 1.54) is 28.6 Å². The lowest BCUT2D eigenvalue weighted by molar-refractivity contribution is 0.0946. The Morgan fingerprint density at radius 2 is 1.71 bits per heavy atom. The van der Waals surface area contributed by atoms with Gasteiger partial charge in [-0.15, -0.1) is 0 Å². The van der Waals surface area contributed by atoms with Gasteiger partial charge in [-0.3, -0.25) is 9.78 Å². The van der Waals surface area contributed by atoms with Gasteiger partial charge in [-0.25, -0.2) is 8.42 Å². The van der Waals surface area contributed by atoms with Gasteiger partial charge in [0.1, 0.15) is 0 Å². The summed E-state index contributed by atoms with van der Waals surface area (Å²) in [5.41, 5.74) is 2.46. The molecule has 0 bridgehead atoms. The Hall–Kier alpha value is -3.58. The SMILES string of the molecule is N#Cc1ccc(S(=O)(=O)N(Cc2ccc(C(=O)NC3[C@H]4CNC[C@@H]34)cc2)Cc2cccnc2)cc1. The second-order valence-corrected chi connectivity index (χ2v) is 10.9. The van der Waals surface area contributed by atoms with Gasteiger partial charge in [-0.05, 0) is 65.4 Å². The lowest BCUT2D eigenvalue weighted by atomic mass is 10.1. The summed E-state index contributed by atoms with van der Waals surface area (Å²) in [7, 11) is -3.85. The van der Waals surface area contributed by atoms with Gasteiger partial charge < -0.3 is 10.6 Å². The Balaban J connectivity index is 1.34. The highest BCUT2D eigenvalue weighted by Crippen LogP contribution is 2.41. The third-order valence-electron chi connectivity index (χ3n) is 6.67. The van der Waals surface area contributed by atoms with E-state index >= 15 is 0 Å². The van der Waals surface area contributed by atoms with Gasteiger partial charge in [0.15, 0.2) is 0 Å². The van der Waals surface area contributed by atoms with Crippen LogP contribution in [0.1, 0.15) is 27.0 Å². The van der Waals surface area contributed by atoms with E-state index in [0.717, 1.165) is 24.2 Å². The van der Waals surface area contributed by atoms with Crippen molar-refractivity contribution in [2.24, 2.45) is 11.8 Å². The van der Waals surface area contributed by atoms with Crippen LogP contribution >= 0.6 is 0 Å². The molecule has 1 aromatic heterocycles. The lowest BCUT2D eigenvalue weighted by Gasteiger charge is -2.22. The highest BCUT2D eigenvalue weighted by atomic mass is 32.2. The van der Waals surface area contributed by atoms with Crippen LogP contribution in [-0.4, -0.2) is 42.7 Å². The summed E-state index contributed by atoms with van der Waals surface area (Å²) in [5.74, 6) is 0.965. The molecular weight excluding hydrogens is 462 g/mol. The topological polar surface area (TPSA) is 115 Å². The number of nitrogens with zero attached hydrogens (tertiary/aromatic N) is 3. The number of carbonyl (C=O) groups is 1. The first kappa shape index (κ1) is 23.2. The maximum Gasteiger partial charge on any atom is 0.251 e. The minimum atomic E-state index is -3.85. The van der Waals surface area contributed by atoms with E-state index in [2.05, 4.69) is 15.6 Å². The fraction of sp³-hybridized carbons (Fsp3) is 0.269. The number of nitriles is 1. The molecule has 5 rings (SSSR count). The number of hydrogen-bond acceptors (Lipinski definition) is 6. The van der Waals surface area contributed by atoms with Crippen molar-refractivity contribution in [3.05, 3.63) is 95.3 Å². The van der Waals surface area contributed by atoms with E-state index < -0.39 is 10.0 Å². The summed E-state index contributed by atoms with van der Waals surface area (Å²) in [4.78, 5) is 16.8. The van der Waals surface area contributed by atoms with E-state index in [1.807, 2.05) is 12.1 Å². The fourth-order valence-electron chi connectivity index (χ4n) is 4.60.